The lowest BCUT2D eigenvalue weighted by atomic mass is 9.70. The monoisotopic (exact) mass is 717 g/mol. The van der Waals surface area contributed by atoms with Crippen LogP contribution in [-0.2, 0) is 33.4 Å². The van der Waals surface area contributed by atoms with E-state index in [-0.39, 0.29) is 42.8 Å². The number of halogens is 1. The number of amides is 3. The van der Waals surface area contributed by atoms with Gasteiger partial charge in [-0.05, 0) is 46.1 Å². The normalized spacial score (nSPS) is 28.3. The average molecular weight is 719 g/mol. The molecule has 12 heteroatoms. The fraction of sp³-hybridized carbons (Fsp3) is 0.600. The highest BCUT2D eigenvalue weighted by molar-refractivity contribution is 9.09. The molecule has 3 aliphatic rings. The van der Waals surface area contributed by atoms with Crippen molar-refractivity contribution in [1.29, 1.82) is 0 Å². The summed E-state index contributed by atoms with van der Waals surface area (Å²) in [4.78, 5) is 58.8. The Kier molecular flexibility index (Phi) is 11.7. The molecule has 3 saturated heterocycles. The van der Waals surface area contributed by atoms with Crippen molar-refractivity contribution in [3.8, 4) is 0 Å². The summed E-state index contributed by atoms with van der Waals surface area (Å²) in [7, 11) is 1.49. The van der Waals surface area contributed by atoms with Gasteiger partial charge in [-0.1, -0.05) is 58.4 Å². The van der Waals surface area contributed by atoms with Crippen LogP contribution in [0.3, 0.4) is 0 Å². The zero-order valence-electron chi connectivity index (χ0n) is 27.9. The van der Waals surface area contributed by atoms with Gasteiger partial charge in [-0.3, -0.25) is 19.2 Å². The number of hydrogen-bond donors (Lipinski definition) is 2. The number of likely N-dealkylation sites (tertiary alicyclic amines) is 1. The molecule has 2 N–H and O–H groups in total. The standard InChI is InChI=1S/C35H48BrN3O8/c1-8-10-16-25(41)37-24(20-45-7)28(22-14-12-11-13-15-22)46-33(44)26-27-31(42)39(21(3)19-40)30(35(27)18-23(36)29(26)47-35)32(43)38(17-9-2)34(4,5)6/h8-9,11-15,21,23-24,26-30,40H,1-2,10,16-20H2,3-7H3,(H,37,41)/t21-,23?,24-,26-,27+,28-,29-,30-,35+/m1/s1. The van der Waals surface area contributed by atoms with Crippen LogP contribution in [0.2, 0.25) is 0 Å². The van der Waals surface area contributed by atoms with Crippen LogP contribution in [0.25, 0.3) is 0 Å². The first-order valence-corrected chi connectivity index (χ1v) is 17.0. The number of allylic oxidation sites excluding steroid dienone is 1. The van der Waals surface area contributed by atoms with Gasteiger partial charge in [-0.2, -0.15) is 0 Å². The fourth-order valence-corrected chi connectivity index (χ4v) is 8.22. The molecular formula is C35H48BrN3O8. The number of methoxy groups -OCH3 is 1. The molecule has 47 heavy (non-hydrogen) atoms. The van der Waals surface area contributed by atoms with Gasteiger partial charge in [0.05, 0.1) is 43.2 Å². The van der Waals surface area contributed by atoms with E-state index >= 15 is 0 Å². The number of aliphatic hydroxyl groups excluding tert-OH is 1. The van der Waals surface area contributed by atoms with E-state index in [2.05, 4.69) is 34.4 Å². The van der Waals surface area contributed by atoms with Crippen molar-refractivity contribution in [2.45, 2.75) is 93.3 Å². The van der Waals surface area contributed by atoms with E-state index in [1.165, 1.54) is 12.0 Å². The Balaban J connectivity index is 1.74. The summed E-state index contributed by atoms with van der Waals surface area (Å²) >= 11 is 3.70. The second-order valence-corrected chi connectivity index (χ2v) is 14.7. The number of benzene rings is 1. The van der Waals surface area contributed by atoms with Crippen LogP contribution in [0.4, 0.5) is 0 Å². The molecule has 3 aliphatic heterocycles. The Morgan fingerprint density at radius 3 is 2.49 bits per heavy atom. The van der Waals surface area contributed by atoms with E-state index in [1.54, 1.807) is 48.2 Å². The van der Waals surface area contributed by atoms with E-state index in [1.807, 2.05) is 26.8 Å². The molecule has 258 valence electrons. The average Bonchev–Trinajstić information content (AvgIpc) is 3.63. The van der Waals surface area contributed by atoms with Crippen LogP contribution in [0, 0.1) is 11.8 Å². The summed E-state index contributed by atoms with van der Waals surface area (Å²) in [5.41, 5.74) is -1.32. The lowest BCUT2D eigenvalue weighted by Crippen LogP contribution is -2.61. The number of rotatable bonds is 15. The Hall–Kier alpha value is -3.06. The quantitative estimate of drug-likeness (QED) is 0.160. The Morgan fingerprint density at radius 2 is 1.91 bits per heavy atom. The molecule has 1 aromatic rings. The third-order valence-corrected chi connectivity index (χ3v) is 10.2. The minimum atomic E-state index is -1.34. The highest BCUT2D eigenvalue weighted by Crippen LogP contribution is 2.61. The number of carbonyl (C=O) groups excluding carboxylic acids is 4. The predicted octanol–water partition coefficient (Wildman–Crippen LogP) is 3.31. The number of esters is 1. The van der Waals surface area contributed by atoms with Crippen molar-refractivity contribution in [2.24, 2.45) is 11.8 Å². The van der Waals surface area contributed by atoms with Crippen molar-refractivity contribution in [3.05, 3.63) is 61.2 Å². The van der Waals surface area contributed by atoms with Gasteiger partial charge in [0, 0.05) is 30.4 Å². The first-order valence-electron chi connectivity index (χ1n) is 16.1. The lowest BCUT2D eigenvalue weighted by molar-refractivity contribution is -0.163. The molecule has 2 bridgehead atoms. The molecule has 0 radical (unpaired) electrons. The van der Waals surface area contributed by atoms with Crippen molar-refractivity contribution in [1.82, 2.24) is 15.1 Å². The molecule has 11 nitrogen and oxygen atoms in total. The largest absolute Gasteiger partial charge is 0.455 e. The van der Waals surface area contributed by atoms with E-state index in [0.29, 0.717) is 18.4 Å². The van der Waals surface area contributed by atoms with Gasteiger partial charge in [-0.15, -0.1) is 13.2 Å². The molecule has 4 rings (SSSR count). The number of nitrogens with zero attached hydrogens (tertiary/aromatic N) is 2. The molecule has 1 aromatic carbocycles. The SMILES string of the molecule is C=CCCC(=O)N[C@H](COC)[C@H](OC(=O)[C@H]1[C@@H]2O[C@@]3(CC2Br)[C@@H]1C(=O)N([C@H](C)CO)[C@@H]3C(=O)N(CC=C)C(C)(C)C)c1ccccc1. The van der Waals surface area contributed by atoms with Crippen LogP contribution in [-0.4, -0.2) is 106 Å². The number of carbonyl (C=O) groups is 4. The summed E-state index contributed by atoms with van der Waals surface area (Å²) in [6, 6.07) is 6.49. The summed E-state index contributed by atoms with van der Waals surface area (Å²) in [6.07, 6.45) is 2.56. The Morgan fingerprint density at radius 1 is 1.23 bits per heavy atom. The van der Waals surface area contributed by atoms with E-state index < -0.39 is 65.2 Å². The summed E-state index contributed by atoms with van der Waals surface area (Å²) in [5, 5.41) is 13.2. The molecule has 3 amide bonds. The first-order chi connectivity index (χ1) is 22.3. The number of nitrogens with one attached hydrogen (secondary N) is 1. The minimum absolute atomic E-state index is 0.0505. The maximum Gasteiger partial charge on any atom is 0.313 e. The number of hydrogen-bond acceptors (Lipinski definition) is 8. The summed E-state index contributed by atoms with van der Waals surface area (Å²) < 4.78 is 18.3. The molecule has 9 atom stereocenters. The number of fused-ring (bicyclic) bond motifs is 1. The Labute approximate surface area is 285 Å². The number of aliphatic hydroxyl groups is 1. The zero-order valence-corrected chi connectivity index (χ0v) is 29.5. The predicted molar refractivity (Wildman–Crippen MR) is 179 cm³/mol. The Bertz CT molecular complexity index is 1340. The van der Waals surface area contributed by atoms with Gasteiger partial charge in [0.25, 0.3) is 0 Å². The van der Waals surface area contributed by atoms with Gasteiger partial charge in [0.15, 0.2) is 0 Å². The maximum atomic E-state index is 14.5. The van der Waals surface area contributed by atoms with Gasteiger partial charge in [0.2, 0.25) is 17.7 Å². The maximum absolute atomic E-state index is 14.5. The molecule has 1 spiro atoms. The zero-order chi connectivity index (χ0) is 34.7. The molecule has 0 aromatic heterocycles. The third-order valence-electron chi connectivity index (χ3n) is 9.36. The molecular weight excluding hydrogens is 670 g/mol. The highest BCUT2D eigenvalue weighted by atomic mass is 79.9. The third kappa shape index (κ3) is 7.06. The molecule has 0 aliphatic carbocycles. The lowest BCUT2D eigenvalue weighted by Gasteiger charge is -2.43. The summed E-state index contributed by atoms with van der Waals surface area (Å²) in [6.45, 7) is 14.8. The summed E-state index contributed by atoms with van der Waals surface area (Å²) in [5.74, 6) is -3.80. The smallest absolute Gasteiger partial charge is 0.313 e. The van der Waals surface area contributed by atoms with Crippen LogP contribution in [0.15, 0.2) is 55.6 Å². The van der Waals surface area contributed by atoms with E-state index in [9.17, 15) is 24.3 Å². The van der Waals surface area contributed by atoms with Gasteiger partial charge < -0.3 is 34.4 Å². The van der Waals surface area contributed by atoms with Crippen molar-refractivity contribution >= 4 is 39.6 Å². The molecule has 3 heterocycles. The van der Waals surface area contributed by atoms with Gasteiger partial charge >= 0.3 is 5.97 Å². The van der Waals surface area contributed by atoms with Crippen molar-refractivity contribution in [2.75, 3.05) is 26.9 Å². The van der Waals surface area contributed by atoms with Crippen molar-refractivity contribution < 1.29 is 38.5 Å². The highest BCUT2D eigenvalue weighted by Gasteiger charge is 2.77. The van der Waals surface area contributed by atoms with Crippen LogP contribution in [0.1, 0.15) is 58.6 Å². The first kappa shape index (κ1) is 36.8. The second kappa shape index (κ2) is 15.0. The van der Waals surface area contributed by atoms with Crippen molar-refractivity contribution in [3.63, 3.8) is 0 Å². The van der Waals surface area contributed by atoms with Gasteiger partial charge in [0.1, 0.15) is 17.7 Å². The van der Waals surface area contributed by atoms with Crippen LogP contribution < -0.4 is 5.32 Å². The molecule has 3 fully saturated rings. The molecule has 0 saturated carbocycles. The minimum Gasteiger partial charge on any atom is -0.455 e. The van der Waals surface area contributed by atoms with Crippen LogP contribution >= 0.6 is 15.9 Å². The molecule has 1 unspecified atom stereocenters. The second-order valence-electron chi connectivity index (χ2n) is 13.6. The fourth-order valence-electron chi connectivity index (χ4n) is 7.27. The van der Waals surface area contributed by atoms with Crippen LogP contribution in [0.5, 0.6) is 0 Å². The van der Waals surface area contributed by atoms with E-state index in [4.69, 9.17) is 14.2 Å². The van der Waals surface area contributed by atoms with E-state index in [0.717, 1.165) is 0 Å². The number of ether oxygens (including phenoxy) is 3. The topological polar surface area (TPSA) is 135 Å². The van der Waals surface area contributed by atoms with Gasteiger partial charge in [-0.25, -0.2) is 0 Å². The number of alkyl halides is 1.